The van der Waals surface area contributed by atoms with Crippen LogP contribution in [0.5, 0.6) is 0 Å². The summed E-state index contributed by atoms with van der Waals surface area (Å²) in [6, 6.07) is 16.1. The molecule has 0 radical (unpaired) electrons. The van der Waals surface area contributed by atoms with Crippen molar-refractivity contribution in [3.63, 3.8) is 0 Å². The number of aryl methyl sites for hydroxylation is 1. The molecule has 5 nitrogen and oxygen atoms in total. The van der Waals surface area contributed by atoms with E-state index in [0.717, 1.165) is 32.9 Å². The van der Waals surface area contributed by atoms with Gasteiger partial charge in [-0.05, 0) is 43.0 Å². The standard InChI is InChI=1S/C23H21N3O2/c1-4-12-25-22(27)20(24-23(25)28)14-18-13-15(2)26(16(18)3)21-11-7-9-17-8-5-6-10-19(17)21/h4-11,13-14H,1,12H2,2-3H3,(H,24,28)/b20-14+. The summed E-state index contributed by atoms with van der Waals surface area (Å²) in [6.45, 7) is 7.84. The third kappa shape index (κ3) is 2.81. The van der Waals surface area contributed by atoms with Gasteiger partial charge in [0.05, 0.1) is 5.69 Å². The molecule has 1 aliphatic rings. The van der Waals surface area contributed by atoms with Crippen LogP contribution in [0.15, 0.2) is 66.9 Å². The lowest BCUT2D eigenvalue weighted by atomic mass is 10.1. The fourth-order valence-corrected chi connectivity index (χ4v) is 3.73. The van der Waals surface area contributed by atoms with Crippen molar-refractivity contribution in [3.8, 4) is 5.69 Å². The van der Waals surface area contributed by atoms with E-state index in [1.54, 1.807) is 6.08 Å². The van der Waals surface area contributed by atoms with Gasteiger partial charge in [0.1, 0.15) is 5.70 Å². The molecule has 0 aliphatic carbocycles. The van der Waals surface area contributed by atoms with E-state index in [2.05, 4.69) is 40.7 Å². The van der Waals surface area contributed by atoms with Crippen LogP contribution < -0.4 is 5.32 Å². The molecular formula is C23H21N3O2. The minimum Gasteiger partial charge on any atom is -0.317 e. The Labute approximate surface area is 163 Å². The molecule has 0 saturated carbocycles. The summed E-state index contributed by atoms with van der Waals surface area (Å²) in [7, 11) is 0. The zero-order valence-electron chi connectivity index (χ0n) is 15.9. The van der Waals surface area contributed by atoms with E-state index in [4.69, 9.17) is 0 Å². The molecule has 0 atom stereocenters. The normalized spacial score (nSPS) is 15.5. The van der Waals surface area contributed by atoms with Gasteiger partial charge in [0.15, 0.2) is 0 Å². The highest BCUT2D eigenvalue weighted by Crippen LogP contribution is 2.28. The van der Waals surface area contributed by atoms with Gasteiger partial charge < -0.3 is 9.88 Å². The molecule has 1 saturated heterocycles. The largest absolute Gasteiger partial charge is 0.329 e. The number of hydrogen-bond donors (Lipinski definition) is 1. The number of hydrogen-bond acceptors (Lipinski definition) is 2. The molecule has 1 N–H and O–H groups in total. The van der Waals surface area contributed by atoms with Crippen LogP contribution >= 0.6 is 0 Å². The van der Waals surface area contributed by atoms with Gasteiger partial charge in [-0.1, -0.05) is 42.5 Å². The topological polar surface area (TPSA) is 54.3 Å². The summed E-state index contributed by atoms with van der Waals surface area (Å²) < 4.78 is 2.18. The first-order chi connectivity index (χ1) is 13.5. The molecule has 0 bridgehead atoms. The van der Waals surface area contributed by atoms with E-state index in [9.17, 15) is 9.59 Å². The molecule has 2 heterocycles. The number of imide groups is 1. The van der Waals surface area contributed by atoms with Crippen LogP contribution in [-0.2, 0) is 4.79 Å². The summed E-state index contributed by atoms with van der Waals surface area (Å²) in [5, 5.41) is 4.99. The second kappa shape index (κ2) is 6.85. The maximum absolute atomic E-state index is 12.5. The first kappa shape index (κ1) is 17.8. The molecule has 1 aromatic heterocycles. The molecule has 0 spiro atoms. The zero-order valence-corrected chi connectivity index (χ0v) is 15.9. The highest BCUT2D eigenvalue weighted by atomic mass is 16.2. The van der Waals surface area contributed by atoms with Gasteiger partial charge in [0.2, 0.25) is 0 Å². The number of benzene rings is 2. The van der Waals surface area contributed by atoms with Crippen molar-refractivity contribution in [2.45, 2.75) is 13.8 Å². The highest BCUT2D eigenvalue weighted by molar-refractivity contribution is 6.14. The van der Waals surface area contributed by atoms with Crippen LogP contribution in [0, 0.1) is 13.8 Å². The molecule has 3 aromatic rings. The summed E-state index contributed by atoms with van der Waals surface area (Å²) in [4.78, 5) is 25.6. The van der Waals surface area contributed by atoms with E-state index in [1.165, 1.54) is 11.5 Å². The zero-order chi connectivity index (χ0) is 19.8. The molecule has 28 heavy (non-hydrogen) atoms. The Balaban J connectivity index is 1.80. The number of amides is 3. The predicted octanol–water partition coefficient (Wildman–Crippen LogP) is 4.33. The summed E-state index contributed by atoms with van der Waals surface area (Å²) >= 11 is 0. The fraction of sp³-hybridized carbons (Fsp3) is 0.130. The molecule has 0 unspecified atom stereocenters. The summed E-state index contributed by atoms with van der Waals surface area (Å²) in [6.07, 6.45) is 3.28. The Bertz CT molecular complexity index is 1150. The maximum atomic E-state index is 12.5. The number of nitrogens with one attached hydrogen (secondary N) is 1. The monoisotopic (exact) mass is 371 g/mol. The molecular weight excluding hydrogens is 350 g/mol. The van der Waals surface area contributed by atoms with Crippen molar-refractivity contribution in [3.05, 3.63) is 83.8 Å². The summed E-state index contributed by atoms with van der Waals surface area (Å²) in [5.41, 5.74) is 4.33. The second-order valence-corrected chi connectivity index (χ2v) is 6.85. The molecule has 3 amide bonds. The Hall–Kier alpha value is -3.60. The number of urea groups is 1. The third-order valence-electron chi connectivity index (χ3n) is 5.05. The fourth-order valence-electron chi connectivity index (χ4n) is 3.73. The number of carbonyl (C=O) groups is 2. The number of rotatable bonds is 4. The average Bonchev–Trinajstić information content (AvgIpc) is 3.11. The molecule has 1 aliphatic heterocycles. The molecule has 4 rings (SSSR count). The number of fused-ring (bicyclic) bond motifs is 1. The van der Waals surface area contributed by atoms with Gasteiger partial charge in [-0.25, -0.2) is 4.79 Å². The SMILES string of the molecule is C=CCN1C(=O)N/C(=C/c2cc(C)n(-c3cccc4ccccc34)c2C)C1=O. The van der Waals surface area contributed by atoms with E-state index >= 15 is 0 Å². The van der Waals surface area contributed by atoms with Crippen molar-refractivity contribution in [1.82, 2.24) is 14.8 Å². The minimum atomic E-state index is -0.418. The van der Waals surface area contributed by atoms with Crippen LogP contribution in [0.3, 0.4) is 0 Å². The first-order valence-electron chi connectivity index (χ1n) is 9.14. The predicted molar refractivity (Wildman–Crippen MR) is 111 cm³/mol. The van der Waals surface area contributed by atoms with E-state index < -0.39 is 6.03 Å². The van der Waals surface area contributed by atoms with Crippen molar-refractivity contribution >= 4 is 28.8 Å². The van der Waals surface area contributed by atoms with E-state index in [-0.39, 0.29) is 18.1 Å². The second-order valence-electron chi connectivity index (χ2n) is 6.85. The van der Waals surface area contributed by atoms with Crippen molar-refractivity contribution < 1.29 is 9.59 Å². The van der Waals surface area contributed by atoms with Crippen molar-refractivity contribution in [2.75, 3.05) is 6.54 Å². The van der Waals surface area contributed by atoms with E-state index in [0.29, 0.717) is 0 Å². The third-order valence-corrected chi connectivity index (χ3v) is 5.05. The Morgan fingerprint density at radius 1 is 1.07 bits per heavy atom. The molecule has 5 heteroatoms. The molecule has 2 aromatic carbocycles. The number of carbonyl (C=O) groups excluding carboxylic acids is 2. The number of aromatic nitrogens is 1. The highest BCUT2D eigenvalue weighted by Gasteiger charge is 2.32. The van der Waals surface area contributed by atoms with Crippen molar-refractivity contribution in [2.24, 2.45) is 0 Å². The quantitative estimate of drug-likeness (QED) is 0.422. The lowest BCUT2D eigenvalue weighted by Crippen LogP contribution is -2.30. The lowest BCUT2D eigenvalue weighted by molar-refractivity contribution is -0.122. The Morgan fingerprint density at radius 3 is 2.61 bits per heavy atom. The van der Waals surface area contributed by atoms with Gasteiger partial charge in [-0.2, -0.15) is 0 Å². The van der Waals surface area contributed by atoms with Crippen molar-refractivity contribution in [1.29, 1.82) is 0 Å². The molecule has 140 valence electrons. The van der Waals surface area contributed by atoms with Gasteiger partial charge in [-0.3, -0.25) is 9.69 Å². The summed E-state index contributed by atoms with van der Waals surface area (Å²) in [5.74, 6) is -0.333. The van der Waals surface area contributed by atoms with Gasteiger partial charge in [0, 0.05) is 23.3 Å². The van der Waals surface area contributed by atoms with Gasteiger partial charge in [-0.15, -0.1) is 6.58 Å². The van der Waals surface area contributed by atoms with Crippen LogP contribution in [-0.4, -0.2) is 28.0 Å². The van der Waals surface area contributed by atoms with Crippen LogP contribution in [0.2, 0.25) is 0 Å². The van der Waals surface area contributed by atoms with Gasteiger partial charge >= 0.3 is 6.03 Å². The van der Waals surface area contributed by atoms with Crippen LogP contribution in [0.4, 0.5) is 4.79 Å². The van der Waals surface area contributed by atoms with Crippen LogP contribution in [0.25, 0.3) is 22.5 Å². The first-order valence-corrected chi connectivity index (χ1v) is 9.14. The van der Waals surface area contributed by atoms with Gasteiger partial charge in [0.25, 0.3) is 5.91 Å². The number of nitrogens with zero attached hydrogens (tertiary/aromatic N) is 2. The molecule has 1 fully saturated rings. The lowest BCUT2D eigenvalue weighted by Gasteiger charge is -2.13. The van der Waals surface area contributed by atoms with Crippen LogP contribution in [0.1, 0.15) is 17.0 Å². The average molecular weight is 371 g/mol. The Morgan fingerprint density at radius 2 is 1.82 bits per heavy atom. The maximum Gasteiger partial charge on any atom is 0.329 e. The Kier molecular flexibility index (Phi) is 4.35. The smallest absolute Gasteiger partial charge is 0.317 e. The minimum absolute atomic E-state index is 0.192. The van der Waals surface area contributed by atoms with E-state index in [1.807, 2.05) is 38.1 Å².